The molecule has 2 N–H and O–H groups in total. The number of nitrogens with one attached hydrogen (secondary N) is 2. The van der Waals surface area contributed by atoms with E-state index in [4.69, 9.17) is 0 Å². The van der Waals surface area contributed by atoms with Crippen LogP contribution in [0.3, 0.4) is 0 Å². The van der Waals surface area contributed by atoms with Gasteiger partial charge in [-0.05, 0) is 19.3 Å². The van der Waals surface area contributed by atoms with Gasteiger partial charge in [0.25, 0.3) is 0 Å². The number of urea groups is 1. The number of likely N-dealkylation sites (tertiary alicyclic amines) is 1. The van der Waals surface area contributed by atoms with Crippen LogP contribution in [0.15, 0.2) is 0 Å². The van der Waals surface area contributed by atoms with E-state index in [1.165, 1.54) is 26.4 Å². The Labute approximate surface area is 113 Å². The van der Waals surface area contributed by atoms with E-state index in [0.29, 0.717) is 19.1 Å². The van der Waals surface area contributed by atoms with Crippen molar-refractivity contribution in [3.05, 3.63) is 0 Å². The Morgan fingerprint density at radius 3 is 2.47 bits per heavy atom. The number of methoxy groups -OCH3 is 1. The summed E-state index contributed by atoms with van der Waals surface area (Å²) in [5.41, 5.74) is 0. The van der Waals surface area contributed by atoms with Gasteiger partial charge in [0.15, 0.2) is 0 Å². The predicted octanol–water partition coefficient (Wildman–Crippen LogP) is 1.46. The molecule has 6 nitrogen and oxygen atoms in total. The van der Waals surface area contributed by atoms with Gasteiger partial charge in [-0.25, -0.2) is 9.59 Å². The van der Waals surface area contributed by atoms with E-state index in [0.717, 1.165) is 19.3 Å². The summed E-state index contributed by atoms with van der Waals surface area (Å²) in [6.45, 7) is 1.25. The van der Waals surface area contributed by atoms with Crippen molar-refractivity contribution in [3.8, 4) is 0 Å². The van der Waals surface area contributed by atoms with Crippen LogP contribution >= 0.6 is 0 Å². The molecule has 1 aliphatic heterocycles. The zero-order valence-electron chi connectivity index (χ0n) is 11.5. The Balaban J connectivity index is 1.73. The van der Waals surface area contributed by atoms with Gasteiger partial charge in [0.2, 0.25) is 0 Å². The maximum absolute atomic E-state index is 12.1. The number of carbonyl (C=O) groups excluding carboxylic acids is 2. The summed E-state index contributed by atoms with van der Waals surface area (Å²) in [7, 11) is 1.35. The normalized spacial score (nSPS) is 24.1. The topological polar surface area (TPSA) is 70.7 Å². The van der Waals surface area contributed by atoms with Gasteiger partial charge in [-0.3, -0.25) is 0 Å². The second-order valence-corrected chi connectivity index (χ2v) is 5.35. The number of alkyl carbamates (subject to hydrolysis) is 1. The van der Waals surface area contributed by atoms with Gasteiger partial charge >= 0.3 is 12.1 Å². The van der Waals surface area contributed by atoms with Crippen molar-refractivity contribution in [1.29, 1.82) is 0 Å². The molecule has 0 aromatic carbocycles. The minimum Gasteiger partial charge on any atom is -0.453 e. The number of rotatable bonds is 2. The summed E-state index contributed by atoms with van der Waals surface area (Å²) in [6, 6.07) is 0.333. The highest BCUT2D eigenvalue weighted by Crippen LogP contribution is 2.18. The lowest BCUT2D eigenvalue weighted by Gasteiger charge is -2.26. The molecule has 0 spiro atoms. The first kappa shape index (κ1) is 14.0. The van der Waals surface area contributed by atoms with Gasteiger partial charge in [0.05, 0.1) is 13.2 Å². The van der Waals surface area contributed by atoms with Crippen molar-refractivity contribution in [2.24, 2.45) is 0 Å². The lowest BCUT2D eigenvalue weighted by atomic mass is 9.96. The molecule has 0 radical (unpaired) electrons. The van der Waals surface area contributed by atoms with Crippen molar-refractivity contribution < 1.29 is 14.3 Å². The average molecular weight is 269 g/mol. The molecule has 3 amide bonds. The Kier molecular flexibility index (Phi) is 4.87. The maximum Gasteiger partial charge on any atom is 0.407 e. The summed E-state index contributed by atoms with van der Waals surface area (Å²) in [4.78, 5) is 25.0. The quantitative estimate of drug-likeness (QED) is 0.797. The van der Waals surface area contributed by atoms with E-state index in [2.05, 4.69) is 15.4 Å². The molecule has 1 atom stereocenters. The van der Waals surface area contributed by atoms with E-state index < -0.39 is 6.09 Å². The van der Waals surface area contributed by atoms with Crippen LogP contribution in [0.4, 0.5) is 9.59 Å². The van der Waals surface area contributed by atoms with Gasteiger partial charge in [-0.1, -0.05) is 19.3 Å². The van der Waals surface area contributed by atoms with E-state index in [-0.39, 0.29) is 12.1 Å². The fourth-order valence-corrected chi connectivity index (χ4v) is 2.80. The molecule has 0 bridgehead atoms. The van der Waals surface area contributed by atoms with Crippen LogP contribution in [0.2, 0.25) is 0 Å². The highest BCUT2D eigenvalue weighted by Gasteiger charge is 2.28. The van der Waals surface area contributed by atoms with Gasteiger partial charge in [0, 0.05) is 19.1 Å². The molecule has 1 aliphatic carbocycles. The summed E-state index contributed by atoms with van der Waals surface area (Å²) in [6.07, 6.45) is 6.22. The summed E-state index contributed by atoms with van der Waals surface area (Å²) >= 11 is 0. The molecule has 0 aromatic rings. The molecular formula is C13H23N3O3. The minimum atomic E-state index is -0.431. The molecule has 19 heavy (non-hydrogen) atoms. The Bertz CT molecular complexity index is 329. The molecule has 2 fully saturated rings. The van der Waals surface area contributed by atoms with Gasteiger partial charge < -0.3 is 20.3 Å². The highest BCUT2D eigenvalue weighted by atomic mass is 16.5. The summed E-state index contributed by atoms with van der Waals surface area (Å²) in [5, 5.41) is 5.83. The average Bonchev–Trinajstić information content (AvgIpc) is 2.88. The number of amides is 3. The van der Waals surface area contributed by atoms with Gasteiger partial charge in [-0.2, -0.15) is 0 Å². The van der Waals surface area contributed by atoms with Gasteiger partial charge in [-0.15, -0.1) is 0 Å². The molecule has 108 valence electrons. The third-order valence-corrected chi connectivity index (χ3v) is 3.92. The molecule has 1 unspecified atom stereocenters. The molecular weight excluding hydrogens is 246 g/mol. The van der Waals surface area contributed by atoms with Crippen LogP contribution in [-0.4, -0.2) is 49.3 Å². The monoisotopic (exact) mass is 269 g/mol. The fourth-order valence-electron chi connectivity index (χ4n) is 2.80. The molecule has 6 heteroatoms. The van der Waals surface area contributed by atoms with E-state index in [1.807, 2.05) is 0 Å². The standard InChI is InChI=1S/C13H23N3O3/c1-19-13(18)15-11-7-8-16(9-11)12(17)14-10-5-3-2-4-6-10/h10-11H,2-9H2,1H3,(H,14,17)(H,15,18). The number of hydrogen-bond donors (Lipinski definition) is 2. The van der Waals surface area contributed by atoms with E-state index in [1.54, 1.807) is 4.90 Å². The molecule has 0 aromatic heterocycles. The van der Waals surface area contributed by atoms with E-state index in [9.17, 15) is 9.59 Å². The van der Waals surface area contributed by atoms with Gasteiger partial charge in [0.1, 0.15) is 0 Å². The van der Waals surface area contributed by atoms with Crippen molar-refractivity contribution in [2.45, 2.75) is 50.6 Å². The molecule has 2 aliphatic rings. The first-order valence-corrected chi connectivity index (χ1v) is 7.09. The van der Waals surface area contributed by atoms with Crippen molar-refractivity contribution in [2.75, 3.05) is 20.2 Å². The summed E-state index contributed by atoms with van der Waals surface area (Å²) in [5.74, 6) is 0. The largest absolute Gasteiger partial charge is 0.453 e. The Hall–Kier alpha value is -1.46. The third-order valence-electron chi connectivity index (χ3n) is 3.92. The second kappa shape index (κ2) is 6.63. The number of ether oxygens (including phenoxy) is 1. The molecule has 1 heterocycles. The lowest BCUT2D eigenvalue weighted by Crippen LogP contribution is -2.46. The molecule has 1 saturated carbocycles. The van der Waals surface area contributed by atoms with Crippen LogP contribution in [-0.2, 0) is 4.74 Å². The lowest BCUT2D eigenvalue weighted by molar-refractivity contribution is 0.166. The van der Waals surface area contributed by atoms with Crippen LogP contribution in [0, 0.1) is 0 Å². The minimum absolute atomic E-state index is 0.000987. The zero-order chi connectivity index (χ0) is 13.7. The zero-order valence-corrected chi connectivity index (χ0v) is 11.5. The predicted molar refractivity (Wildman–Crippen MR) is 70.9 cm³/mol. The number of hydrogen-bond acceptors (Lipinski definition) is 3. The SMILES string of the molecule is COC(=O)NC1CCN(C(=O)NC2CCCCC2)C1. The fraction of sp³-hybridized carbons (Fsp3) is 0.846. The van der Waals surface area contributed by atoms with Crippen molar-refractivity contribution in [3.63, 3.8) is 0 Å². The van der Waals surface area contributed by atoms with Crippen LogP contribution in [0.25, 0.3) is 0 Å². The molecule has 1 saturated heterocycles. The van der Waals surface area contributed by atoms with Crippen molar-refractivity contribution in [1.82, 2.24) is 15.5 Å². The van der Waals surface area contributed by atoms with Crippen LogP contribution in [0.5, 0.6) is 0 Å². The Morgan fingerprint density at radius 1 is 1.05 bits per heavy atom. The smallest absolute Gasteiger partial charge is 0.407 e. The number of carbonyl (C=O) groups is 2. The Morgan fingerprint density at radius 2 is 1.79 bits per heavy atom. The van der Waals surface area contributed by atoms with Crippen LogP contribution < -0.4 is 10.6 Å². The first-order valence-electron chi connectivity index (χ1n) is 7.09. The first-order chi connectivity index (χ1) is 9.19. The highest BCUT2D eigenvalue weighted by molar-refractivity contribution is 5.75. The molecule has 2 rings (SSSR count). The number of nitrogens with zero attached hydrogens (tertiary/aromatic N) is 1. The third kappa shape index (κ3) is 4.01. The van der Waals surface area contributed by atoms with Crippen LogP contribution in [0.1, 0.15) is 38.5 Å². The van der Waals surface area contributed by atoms with Crippen molar-refractivity contribution >= 4 is 12.1 Å². The second-order valence-electron chi connectivity index (χ2n) is 5.35. The van der Waals surface area contributed by atoms with E-state index >= 15 is 0 Å². The maximum atomic E-state index is 12.1. The summed E-state index contributed by atoms with van der Waals surface area (Å²) < 4.78 is 4.56.